The van der Waals surface area contributed by atoms with Gasteiger partial charge in [-0.1, -0.05) is 12.1 Å². The average molecular weight is 569 g/mol. The third-order valence-corrected chi connectivity index (χ3v) is 7.47. The van der Waals surface area contributed by atoms with Crippen LogP contribution in [0.25, 0.3) is 39.6 Å². The summed E-state index contributed by atoms with van der Waals surface area (Å²) in [6.45, 7) is 10.8. The Morgan fingerprint density at radius 2 is 1.74 bits per heavy atom. The third kappa shape index (κ3) is 5.56. The first kappa shape index (κ1) is 27.8. The van der Waals surface area contributed by atoms with Gasteiger partial charge in [0, 0.05) is 50.7 Å². The minimum Gasteiger partial charge on any atom is -0.444 e. The Morgan fingerprint density at radius 3 is 2.45 bits per heavy atom. The van der Waals surface area contributed by atoms with Gasteiger partial charge in [-0.05, 0) is 64.0 Å². The summed E-state index contributed by atoms with van der Waals surface area (Å²) in [5.74, 6) is 2.11. The van der Waals surface area contributed by atoms with Crippen molar-refractivity contribution in [3.63, 3.8) is 0 Å². The Bertz CT molecular complexity index is 1640. The predicted molar refractivity (Wildman–Crippen MR) is 161 cm³/mol. The Labute approximate surface area is 245 Å². The van der Waals surface area contributed by atoms with Crippen LogP contribution in [0.15, 0.2) is 48.8 Å². The second-order valence-corrected chi connectivity index (χ2v) is 11.7. The number of morpholine rings is 1. The van der Waals surface area contributed by atoms with Crippen molar-refractivity contribution in [3.05, 3.63) is 54.5 Å². The highest BCUT2D eigenvalue weighted by molar-refractivity contribution is 5.88. The highest BCUT2D eigenvalue weighted by atomic mass is 16.6. The zero-order valence-corrected chi connectivity index (χ0v) is 24.7. The normalized spacial score (nSPS) is 17.8. The summed E-state index contributed by atoms with van der Waals surface area (Å²) in [6, 6.07) is 9.78. The molecule has 4 aromatic heterocycles. The number of rotatable bonds is 4. The van der Waals surface area contributed by atoms with Crippen molar-refractivity contribution in [2.75, 3.05) is 37.7 Å². The summed E-state index contributed by atoms with van der Waals surface area (Å²) in [6.07, 6.45) is 5.95. The van der Waals surface area contributed by atoms with Gasteiger partial charge >= 0.3 is 6.09 Å². The summed E-state index contributed by atoms with van der Waals surface area (Å²) in [4.78, 5) is 40.8. The summed E-state index contributed by atoms with van der Waals surface area (Å²) >= 11 is 0. The lowest BCUT2D eigenvalue weighted by molar-refractivity contribution is 0.0198. The fourth-order valence-corrected chi connectivity index (χ4v) is 5.34. The lowest BCUT2D eigenvalue weighted by atomic mass is 9.98. The van der Waals surface area contributed by atoms with Gasteiger partial charge in [0.05, 0.1) is 18.9 Å². The summed E-state index contributed by atoms with van der Waals surface area (Å²) in [7, 11) is 1.97. The van der Waals surface area contributed by atoms with Crippen LogP contribution in [0.2, 0.25) is 0 Å². The number of carbonyl (C=O) groups excluding carboxylic acids is 1. The van der Waals surface area contributed by atoms with Gasteiger partial charge in [0.1, 0.15) is 17.1 Å². The number of hydrogen-bond acceptors (Lipinski definition) is 9. The van der Waals surface area contributed by atoms with Crippen LogP contribution in [-0.2, 0) is 16.5 Å². The number of fused-ring (bicyclic) bond motifs is 1. The molecule has 1 saturated heterocycles. The molecule has 4 aromatic rings. The van der Waals surface area contributed by atoms with Crippen LogP contribution in [0.4, 0.5) is 10.6 Å². The van der Waals surface area contributed by atoms with E-state index >= 15 is 0 Å². The molecule has 6 heterocycles. The van der Waals surface area contributed by atoms with Crippen LogP contribution < -0.4 is 4.90 Å². The number of anilines is 1. The first-order valence-corrected chi connectivity index (χ1v) is 14.3. The van der Waals surface area contributed by atoms with Crippen molar-refractivity contribution >= 4 is 28.6 Å². The largest absolute Gasteiger partial charge is 0.444 e. The van der Waals surface area contributed by atoms with Gasteiger partial charge < -0.3 is 23.8 Å². The average Bonchev–Trinajstić information content (AvgIpc) is 3.32. The van der Waals surface area contributed by atoms with E-state index in [4.69, 9.17) is 29.4 Å². The van der Waals surface area contributed by atoms with E-state index in [0.717, 1.165) is 52.7 Å². The number of carbonyl (C=O) groups is 1. The van der Waals surface area contributed by atoms with Crippen LogP contribution in [0.1, 0.15) is 39.8 Å². The van der Waals surface area contributed by atoms with Crippen molar-refractivity contribution in [1.82, 2.24) is 34.4 Å². The molecule has 1 unspecified atom stereocenters. The molecule has 11 nitrogen and oxygen atoms in total. The molecule has 0 N–H and O–H groups in total. The van der Waals surface area contributed by atoms with Crippen LogP contribution >= 0.6 is 0 Å². The first-order valence-electron chi connectivity index (χ1n) is 14.3. The molecule has 42 heavy (non-hydrogen) atoms. The van der Waals surface area contributed by atoms with Gasteiger partial charge in [-0.25, -0.2) is 24.7 Å². The maximum atomic E-state index is 12.7. The fourth-order valence-electron chi connectivity index (χ4n) is 5.34. The maximum Gasteiger partial charge on any atom is 0.410 e. The molecule has 0 aromatic carbocycles. The highest BCUT2D eigenvalue weighted by Crippen LogP contribution is 2.32. The van der Waals surface area contributed by atoms with E-state index in [2.05, 4.69) is 16.0 Å². The SMILES string of the molecule is CC1CC(c2cccc(-c3nc(N4CCOCC4)c4nc(-c5ccncc5)n(C)c4n3)n2)=CCN1C(=O)OC(C)(C)C. The van der Waals surface area contributed by atoms with Crippen molar-refractivity contribution in [2.45, 2.75) is 45.8 Å². The lowest BCUT2D eigenvalue weighted by Gasteiger charge is -2.34. The van der Waals surface area contributed by atoms with Crippen molar-refractivity contribution in [2.24, 2.45) is 7.05 Å². The molecule has 2 aliphatic heterocycles. The number of aryl methyl sites for hydroxylation is 1. The van der Waals surface area contributed by atoms with Gasteiger partial charge in [0.15, 0.2) is 22.8 Å². The molecular weight excluding hydrogens is 532 g/mol. The van der Waals surface area contributed by atoms with Crippen LogP contribution in [0, 0.1) is 0 Å². The maximum absolute atomic E-state index is 12.7. The lowest BCUT2D eigenvalue weighted by Crippen LogP contribution is -2.44. The van der Waals surface area contributed by atoms with E-state index in [1.165, 1.54) is 0 Å². The molecular formula is C31H36N8O3. The number of amides is 1. The number of pyridine rings is 2. The molecule has 1 fully saturated rings. The van der Waals surface area contributed by atoms with Crippen LogP contribution in [0.3, 0.4) is 0 Å². The van der Waals surface area contributed by atoms with Gasteiger partial charge in [-0.2, -0.15) is 0 Å². The molecule has 0 radical (unpaired) electrons. The molecule has 0 spiro atoms. The van der Waals surface area contributed by atoms with Crippen molar-refractivity contribution < 1.29 is 14.3 Å². The van der Waals surface area contributed by atoms with E-state index in [1.807, 2.05) is 69.6 Å². The Morgan fingerprint density at radius 1 is 1.00 bits per heavy atom. The summed E-state index contributed by atoms with van der Waals surface area (Å²) < 4.78 is 13.2. The molecule has 6 rings (SSSR count). The topological polar surface area (TPSA) is 111 Å². The summed E-state index contributed by atoms with van der Waals surface area (Å²) in [5.41, 5.74) is 4.51. The molecule has 0 saturated carbocycles. The second kappa shape index (κ2) is 11.1. The Hall–Kier alpha value is -4.38. The first-order chi connectivity index (χ1) is 20.2. The number of hydrogen-bond donors (Lipinski definition) is 0. The van der Waals surface area contributed by atoms with Gasteiger partial charge in [0.2, 0.25) is 0 Å². The molecule has 1 amide bonds. The number of imidazole rings is 1. The quantitative estimate of drug-likeness (QED) is 0.345. The second-order valence-electron chi connectivity index (χ2n) is 11.7. The molecule has 0 bridgehead atoms. The monoisotopic (exact) mass is 568 g/mol. The number of aromatic nitrogens is 6. The van der Waals surface area contributed by atoms with E-state index in [1.54, 1.807) is 17.3 Å². The number of ether oxygens (including phenoxy) is 2. The minimum absolute atomic E-state index is 0.0214. The Balaban J connectivity index is 1.37. The van der Waals surface area contributed by atoms with Gasteiger partial charge in [0.25, 0.3) is 0 Å². The van der Waals surface area contributed by atoms with Crippen LogP contribution in [0.5, 0.6) is 0 Å². The molecule has 2 aliphatic rings. The zero-order chi connectivity index (χ0) is 29.4. The minimum atomic E-state index is -0.537. The van der Waals surface area contributed by atoms with Gasteiger partial charge in [-0.3, -0.25) is 4.98 Å². The fraction of sp³-hybridized carbons (Fsp3) is 0.419. The van der Waals surface area contributed by atoms with Crippen molar-refractivity contribution in [3.8, 4) is 22.9 Å². The Kier molecular flexibility index (Phi) is 7.36. The molecule has 11 heteroatoms. The molecule has 218 valence electrons. The highest BCUT2D eigenvalue weighted by Gasteiger charge is 2.29. The summed E-state index contributed by atoms with van der Waals surface area (Å²) in [5, 5.41) is 0. The van der Waals surface area contributed by atoms with E-state index in [-0.39, 0.29) is 12.1 Å². The van der Waals surface area contributed by atoms with Crippen molar-refractivity contribution in [1.29, 1.82) is 0 Å². The zero-order valence-electron chi connectivity index (χ0n) is 24.7. The third-order valence-electron chi connectivity index (χ3n) is 7.47. The standard InChI is InChI=1S/C31H36N8O3/c1-20-19-22(11-14-39(20)30(40)42-31(2,3)4)23-7-6-8-24(33-23)26-35-28-25(29(36-26)38-15-17-41-18-16-38)34-27(37(28)5)21-9-12-32-13-10-21/h6-13,20H,14-19H2,1-5H3. The van der Waals surface area contributed by atoms with E-state index in [9.17, 15) is 4.79 Å². The predicted octanol–water partition coefficient (Wildman–Crippen LogP) is 4.74. The molecule has 1 atom stereocenters. The van der Waals surface area contributed by atoms with E-state index in [0.29, 0.717) is 37.7 Å². The van der Waals surface area contributed by atoms with Gasteiger partial charge in [-0.15, -0.1) is 0 Å². The van der Waals surface area contributed by atoms with Crippen LogP contribution in [-0.4, -0.2) is 85.0 Å². The number of nitrogens with zero attached hydrogens (tertiary/aromatic N) is 8. The van der Waals surface area contributed by atoms with E-state index < -0.39 is 5.60 Å². The smallest absolute Gasteiger partial charge is 0.410 e. The molecule has 0 aliphatic carbocycles.